The van der Waals surface area contributed by atoms with Crippen molar-refractivity contribution in [2.45, 2.75) is 95.7 Å². The van der Waals surface area contributed by atoms with Crippen molar-refractivity contribution in [3.8, 4) is 5.69 Å². The number of carbonyl (C=O) groups is 3. The highest BCUT2D eigenvalue weighted by atomic mass is 32.1. The van der Waals surface area contributed by atoms with Crippen LogP contribution in [-0.2, 0) is 21.7 Å². The van der Waals surface area contributed by atoms with E-state index >= 15 is 0 Å². The van der Waals surface area contributed by atoms with Gasteiger partial charge in [0.25, 0.3) is 11.5 Å². The molecule has 11 nitrogen and oxygen atoms in total. The summed E-state index contributed by atoms with van der Waals surface area (Å²) in [6.45, 7) is 8.11. The van der Waals surface area contributed by atoms with E-state index in [4.69, 9.17) is 4.98 Å². The van der Waals surface area contributed by atoms with Crippen LogP contribution in [0.3, 0.4) is 0 Å². The third-order valence-electron chi connectivity index (χ3n) is 13.1. The first-order valence-electron chi connectivity index (χ1n) is 21.0. The van der Waals surface area contributed by atoms with Gasteiger partial charge in [0.05, 0.1) is 32.1 Å². The molecule has 5 aromatic rings. The standard InChI is InChI=1S/C46H52N6O5S/c1-46(2,57)34-24-36-39(25-38(34)51-23-19-30-6-3-4-8-33(30)44(51)55)58-43(48-36)31-12-10-29(11-13-31)26-50-21-17-28(18-22-50)16-20-47-35-9-5-7-32-27-52(45(56)41(32)35)37-14-15-40(53)49-42(37)54/h3-9,19,23-25,28-29,31,37,47,57H,10-18,20-22,26-27H2,1-2H3,(H,49,53,54). The predicted molar refractivity (Wildman–Crippen MR) is 227 cm³/mol. The second-order valence-electron chi connectivity index (χ2n) is 17.4. The second kappa shape index (κ2) is 15.7. The molecule has 1 saturated carbocycles. The Morgan fingerprint density at radius 3 is 2.48 bits per heavy atom. The topological polar surface area (TPSA) is 137 Å². The van der Waals surface area contributed by atoms with E-state index in [9.17, 15) is 24.3 Å². The van der Waals surface area contributed by atoms with Crippen molar-refractivity contribution in [3.63, 3.8) is 0 Å². The highest BCUT2D eigenvalue weighted by Crippen LogP contribution is 2.41. The van der Waals surface area contributed by atoms with Gasteiger partial charge in [0.1, 0.15) is 6.04 Å². The summed E-state index contributed by atoms with van der Waals surface area (Å²) in [5.41, 5.74) is 3.43. The van der Waals surface area contributed by atoms with Crippen LogP contribution in [0.4, 0.5) is 5.69 Å². The number of fused-ring (bicyclic) bond motifs is 3. The number of aliphatic hydroxyl groups is 1. The molecule has 3 N–H and O–H groups in total. The fourth-order valence-corrected chi connectivity index (χ4v) is 11.0. The third-order valence-corrected chi connectivity index (χ3v) is 14.3. The lowest BCUT2D eigenvalue weighted by molar-refractivity contribution is -0.136. The number of hydrogen-bond acceptors (Lipinski definition) is 9. The maximum Gasteiger partial charge on any atom is 0.262 e. The number of hydrogen-bond donors (Lipinski definition) is 3. The SMILES string of the molecule is CC(C)(O)c1cc2nc(C3CCC(CN4CCC(CCNc5cccc6c5C(=O)N(C5CCC(=O)NC5=O)C6)CC4)CC3)sc2cc1-n1ccc2ccccc2c1=O. The summed E-state index contributed by atoms with van der Waals surface area (Å²) in [6, 6.07) is 18.9. The number of rotatable bonds is 10. The lowest BCUT2D eigenvalue weighted by atomic mass is 9.81. The Labute approximate surface area is 342 Å². The molecule has 3 aliphatic heterocycles. The molecule has 1 atom stereocenters. The van der Waals surface area contributed by atoms with Crippen LogP contribution in [0.15, 0.2) is 71.7 Å². The van der Waals surface area contributed by atoms with E-state index in [0.717, 1.165) is 77.3 Å². The summed E-state index contributed by atoms with van der Waals surface area (Å²) in [6.07, 6.45) is 10.5. The zero-order chi connectivity index (χ0) is 40.1. The minimum absolute atomic E-state index is 0.0976. The Kier molecular flexibility index (Phi) is 10.4. The van der Waals surface area contributed by atoms with Gasteiger partial charge in [-0.3, -0.25) is 29.1 Å². The van der Waals surface area contributed by atoms with E-state index in [1.807, 2.05) is 66.9 Å². The van der Waals surface area contributed by atoms with Crippen LogP contribution in [-0.4, -0.2) is 74.4 Å². The first kappa shape index (κ1) is 38.6. The molecular weight excluding hydrogens is 749 g/mol. The van der Waals surface area contributed by atoms with Gasteiger partial charge in [0.2, 0.25) is 11.8 Å². The van der Waals surface area contributed by atoms with Gasteiger partial charge in [-0.25, -0.2) is 4.98 Å². The molecule has 0 bridgehead atoms. The summed E-state index contributed by atoms with van der Waals surface area (Å²) in [5, 5.41) is 19.9. The van der Waals surface area contributed by atoms with Crippen molar-refractivity contribution in [2.24, 2.45) is 11.8 Å². The van der Waals surface area contributed by atoms with E-state index in [2.05, 4.69) is 15.5 Å². The molecule has 58 heavy (non-hydrogen) atoms. The van der Waals surface area contributed by atoms with Crippen LogP contribution in [0.5, 0.6) is 0 Å². The number of amides is 3. The van der Waals surface area contributed by atoms with Crippen LogP contribution in [0.2, 0.25) is 0 Å². The molecule has 3 amide bonds. The molecular formula is C46H52N6O5S. The Morgan fingerprint density at radius 1 is 0.914 bits per heavy atom. The van der Waals surface area contributed by atoms with E-state index in [0.29, 0.717) is 52.9 Å². The largest absolute Gasteiger partial charge is 0.386 e. The number of pyridine rings is 1. The average molecular weight is 801 g/mol. The summed E-state index contributed by atoms with van der Waals surface area (Å²) in [4.78, 5) is 60.6. The minimum atomic E-state index is -1.16. The van der Waals surface area contributed by atoms with Crippen molar-refractivity contribution in [1.82, 2.24) is 24.7 Å². The van der Waals surface area contributed by atoms with Crippen molar-refractivity contribution in [1.29, 1.82) is 0 Å². The van der Waals surface area contributed by atoms with Gasteiger partial charge in [-0.2, -0.15) is 0 Å². The van der Waals surface area contributed by atoms with Gasteiger partial charge in [-0.15, -0.1) is 11.3 Å². The molecule has 0 radical (unpaired) electrons. The maximum atomic E-state index is 13.6. The molecule has 2 aromatic heterocycles. The molecule has 3 aromatic carbocycles. The lowest BCUT2D eigenvalue weighted by Gasteiger charge is -2.36. The molecule has 0 spiro atoms. The number of aromatic nitrogens is 2. The van der Waals surface area contributed by atoms with Gasteiger partial charge in [0, 0.05) is 54.8 Å². The molecule has 302 valence electrons. The van der Waals surface area contributed by atoms with Crippen LogP contribution in [0.25, 0.3) is 26.7 Å². The number of carbonyl (C=O) groups excluding carboxylic acids is 3. The fraction of sp³-hybridized carbons (Fsp3) is 0.457. The van der Waals surface area contributed by atoms with Crippen molar-refractivity contribution >= 4 is 55.7 Å². The first-order valence-corrected chi connectivity index (χ1v) is 21.8. The first-order chi connectivity index (χ1) is 28.0. The maximum absolute atomic E-state index is 13.6. The monoisotopic (exact) mass is 800 g/mol. The second-order valence-corrected chi connectivity index (χ2v) is 18.5. The molecule has 3 fully saturated rings. The molecule has 12 heteroatoms. The molecule has 1 aliphatic carbocycles. The van der Waals surface area contributed by atoms with Crippen LogP contribution in [0, 0.1) is 11.8 Å². The fourth-order valence-electron chi connectivity index (χ4n) is 9.81. The number of nitrogens with one attached hydrogen (secondary N) is 2. The highest BCUT2D eigenvalue weighted by Gasteiger charge is 2.40. The number of nitrogens with zero attached hydrogens (tertiary/aromatic N) is 4. The van der Waals surface area contributed by atoms with Crippen molar-refractivity contribution in [3.05, 3.63) is 98.9 Å². The molecule has 1 unspecified atom stereocenters. The van der Waals surface area contributed by atoms with Crippen molar-refractivity contribution < 1.29 is 19.5 Å². The summed E-state index contributed by atoms with van der Waals surface area (Å²) in [7, 11) is 0. The van der Waals surface area contributed by atoms with Crippen LogP contribution < -0.4 is 16.2 Å². The highest BCUT2D eigenvalue weighted by molar-refractivity contribution is 7.18. The Hall–Kier alpha value is -4.91. The quantitative estimate of drug-likeness (QED) is 0.128. The van der Waals surface area contributed by atoms with Crippen molar-refractivity contribution in [2.75, 3.05) is 31.5 Å². The molecule has 2 saturated heterocycles. The molecule has 4 aliphatic rings. The van der Waals surface area contributed by atoms with Crippen LogP contribution in [0.1, 0.15) is 104 Å². The Balaban J connectivity index is 0.765. The Morgan fingerprint density at radius 2 is 1.71 bits per heavy atom. The van der Waals surface area contributed by atoms with E-state index in [-0.39, 0.29) is 29.7 Å². The van der Waals surface area contributed by atoms with Gasteiger partial charge < -0.3 is 20.2 Å². The number of anilines is 1. The van der Waals surface area contributed by atoms with E-state index < -0.39 is 11.6 Å². The van der Waals surface area contributed by atoms with E-state index in [1.54, 1.807) is 34.7 Å². The van der Waals surface area contributed by atoms with E-state index in [1.165, 1.54) is 25.7 Å². The number of thiazole rings is 1. The normalized spacial score (nSPS) is 22.2. The lowest BCUT2D eigenvalue weighted by Crippen LogP contribution is -2.52. The van der Waals surface area contributed by atoms with Gasteiger partial charge >= 0.3 is 0 Å². The summed E-state index contributed by atoms with van der Waals surface area (Å²) >= 11 is 1.73. The number of benzene rings is 3. The third kappa shape index (κ3) is 7.57. The average Bonchev–Trinajstić information content (AvgIpc) is 3.79. The molecule has 5 heterocycles. The van der Waals surface area contributed by atoms with Gasteiger partial charge in [-0.05, 0) is 131 Å². The smallest absolute Gasteiger partial charge is 0.262 e. The minimum Gasteiger partial charge on any atom is -0.386 e. The number of likely N-dealkylation sites (tertiary alicyclic amines) is 1. The predicted octanol–water partition coefficient (Wildman–Crippen LogP) is 7.08. The summed E-state index contributed by atoms with van der Waals surface area (Å²) in [5.74, 6) is 0.956. The van der Waals surface area contributed by atoms with Crippen LogP contribution >= 0.6 is 11.3 Å². The Bertz CT molecular complexity index is 2450. The van der Waals surface area contributed by atoms with Gasteiger partial charge in [-0.1, -0.05) is 30.3 Å². The molecule has 9 rings (SSSR count). The number of imide groups is 1. The zero-order valence-corrected chi connectivity index (χ0v) is 34.2. The number of piperidine rings is 2. The van der Waals surface area contributed by atoms with Gasteiger partial charge in [0.15, 0.2) is 0 Å². The zero-order valence-electron chi connectivity index (χ0n) is 33.3. The summed E-state index contributed by atoms with van der Waals surface area (Å²) < 4.78 is 2.70.